The van der Waals surface area contributed by atoms with E-state index in [2.05, 4.69) is 21.2 Å². The molecule has 2 N–H and O–H groups in total. The maximum absolute atomic E-state index is 11.6. The highest BCUT2D eigenvalue weighted by Gasteiger charge is 2.39. The minimum absolute atomic E-state index is 0.180. The van der Waals surface area contributed by atoms with Crippen LogP contribution in [0.25, 0.3) is 6.08 Å². The number of hydrogen-bond donors (Lipinski definition) is 2. The van der Waals surface area contributed by atoms with Crippen molar-refractivity contribution >= 4 is 27.9 Å². The number of carbonyl (C=O) groups excluding carboxylic acids is 1. The molecule has 1 aromatic rings. The van der Waals surface area contributed by atoms with E-state index in [1.807, 2.05) is 0 Å². The number of halogens is 1. The van der Waals surface area contributed by atoms with Crippen LogP contribution in [0.1, 0.15) is 19.1 Å². The molecule has 0 saturated carbocycles. The molecule has 2 rings (SSSR count). The summed E-state index contributed by atoms with van der Waals surface area (Å²) in [5, 5.41) is 12.9. The third kappa shape index (κ3) is 3.68. The van der Waals surface area contributed by atoms with Gasteiger partial charge in [0.15, 0.2) is 4.67 Å². The van der Waals surface area contributed by atoms with Gasteiger partial charge in [0, 0.05) is 25.6 Å². The molecule has 1 aliphatic rings. The fourth-order valence-electron chi connectivity index (χ4n) is 1.88. The quantitative estimate of drug-likeness (QED) is 0.825. The van der Waals surface area contributed by atoms with Gasteiger partial charge in [-0.25, -0.2) is 0 Å². The van der Waals surface area contributed by atoms with Crippen LogP contribution in [0.3, 0.4) is 0 Å². The van der Waals surface area contributed by atoms with Gasteiger partial charge in [-0.3, -0.25) is 4.79 Å². The van der Waals surface area contributed by atoms with Crippen LogP contribution in [0.4, 0.5) is 0 Å². The summed E-state index contributed by atoms with van der Waals surface area (Å²) in [6.45, 7) is 2.50. The molecule has 19 heavy (non-hydrogen) atoms. The molecule has 1 aromatic heterocycles. The van der Waals surface area contributed by atoms with E-state index in [1.165, 1.54) is 6.08 Å². The molecule has 1 fully saturated rings. The third-order valence-electron chi connectivity index (χ3n) is 3.22. The fraction of sp³-hybridized carbons (Fsp3) is 0.462. The van der Waals surface area contributed by atoms with E-state index in [4.69, 9.17) is 9.15 Å². The Bertz CT molecular complexity index is 485. The first-order chi connectivity index (χ1) is 8.99. The predicted molar refractivity (Wildman–Crippen MR) is 73.4 cm³/mol. The Morgan fingerprint density at radius 3 is 3.05 bits per heavy atom. The minimum Gasteiger partial charge on any atom is -0.450 e. The second-order valence-electron chi connectivity index (χ2n) is 4.56. The molecule has 2 atom stereocenters. The average Bonchev–Trinajstić information content (AvgIpc) is 2.92. The number of hydrogen-bond acceptors (Lipinski definition) is 4. The van der Waals surface area contributed by atoms with Crippen molar-refractivity contribution in [1.29, 1.82) is 0 Å². The van der Waals surface area contributed by atoms with Crippen LogP contribution < -0.4 is 5.32 Å². The molecular formula is C13H16BrNO4. The van der Waals surface area contributed by atoms with Gasteiger partial charge in [-0.2, -0.15) is 0 Å². The van der Waals surface area contributed by atoms with Crippen molar-refractivity contribution in [1.82, 2.24) is 5.32 Å². The molecule has 0 bridgehead atoms. The van der Waals surface area contributed by atoms with E-state index in [9.17, 15) is 9.90 Å². The summed E-state index contributed by atoms with van der Waals surface area (Å²) in [5.74, 6) is 0.304. The number of furan rings is 1. The second kappa shape index (κ2) is 5.90. The van der Waals surface area contributed by atoms with Gasteiger partial charge in [0.05, 0.1) is 6.10 Å². The number of carbonyl (C=O) groups is 1. The number of nitrogens with one attached hydrogen (secondary N) is 1. The van der Waals surface area contributed by atoms with Crippen LogP contribution in [-0.2, 0) is 9.53 Å². The average molecular weight is 330 g/mol. The van der Waals surface area contributed by atoms with Gasteiger partial charge in [-0.1, -0.05) is 0 Å². The molecule has 1 aliphatic heterocycles. The SMILES string of the molecule is CC1OCCC1(O)CNC(=O)/C=C/c1ccc(Br)o1. The Labute approximate surface area is 119 Å². The first-order valence-corrected chi connectivity index (χ1v) is 6.84. The van der Waals surface area contributed by atoms with E-state index in [0.29, 0.717) is 23.5 Å². The van der Waals surface area contributed by atoms with E-state index in [-0.39, 0.29) is 18.6 Å². The highest BCUT2D eigenvalue weighted by atomic mass is 79.9. The topological polar surface area (TPSA) is 71.7 Å². The Balaban J connectivity index is 1.83. The molecule has 0 aromatic carbocycles. The van der Waals surface area contributed by atoms with Gasteiger partial charge in [0.1, 0.15) is 11.4 Å². The lowest BCUT2D eigenvalue weighted by Gasteiger charge is -2.25. The van der Waals surface area contributed by atoms with Crippen molar-refractivity contribution in [2.45, 2.75) is 25.0 Å². The molecule has 1 amide bonds. The zero-order valence-electron chi connectivity index (χ0n) is 10.6. The van der Waals surface area contributed by atoms with Crippen molar-refractivity contribution in [2.75, 3.05) is 13.2 Å². The van der Waals surface area contributed by atoms with Crippen molar-refractivity contribution in [2.24, 2.45) is 0 Å². The fourth-order valence-corrected chi connectivity index (χ4v) is 2.20. The Morgan fingerprint density at radius 1 is 1.68 bits per heavy atom. The van der Waals surface area contributed by atoms with Crippen LogP contribution >= 0.6 is 15.9 Å². The Hall–Kier alpha value is -1.11. The number of rotatable bonds is 4. The van der Waals surface area contributed by atoms with Crippen LogP contribution in [0, 0.1) is 0 Å². The van der Waals surface area contributed by atoms with Gasteiger partial charge >= 0.3 is 0 Å². The number of ether oxygens (including phenoxy) is 1. The number of amides is 1. The predicted octanol–water partition coefficient (Wildman–Crippen LogP) is 1.71. The van der Waals surface area contributed by atoms with E-state index in [0.717, 1.165) is 0 Å². The molecule has 5 nitrogen and oxygen atoms in total. The van der Waals surface area contributed by atoms with Crippen LogP contribution in [0.5, 0.6) is 0 Å². The van der Waals surface area contributed by atoms with Gasteiger partial charge in [0.25, 0.3) is 0 Å². The van der Waals surface area contributed by atoms with Crippen LogP contribution in [0.15, 0.2) is 27.3 Å². The van der Waals surface area contributed by atoms with E-state index in [1.54, 1.807) is 25.1 Å². The summed E-state index contributed by atoms with van der Waals surface area (Å²) >= 11 is 3.18. The van der Waals surface area contributed by atoms with Crippen LogP contribution in [0.2, 0.25) is 0 Å². The minimum atomic E-state index is -0.975. The van der Waals surface area contributed by atoms with E-state index < -0.39 is 5.60 Å². The summed E-state index contributed by atoms with van der Waals surface area (Å²) in [7, 11) is 0. The standard InChI is InChI=1S/C13H16BrNO4/c1-9-13(17,6-7-18-9)8-15-12(16)5-3-10-2-4-11(14)19-10/h2-5,9,17H,6-8H2,1H3,(H,15,16)/b5-3+. The maximum Gasteiger partial charge on any atom is 0.244 e. The maximum atomic E-state index is 11.6. The Morgan fingerprint density at radius 2 is 2.47 bits per heavy atom. The summed E-state index contributed by atoms with van der Waals surface area (Å²) < 4.78 is 11.1. The van der Waals surface area contributed by atoms with Crippen LogP contribution in [-0.4, -0.2) is 35.9 Å². The lowest BCUT2D eigenvalue weighted by molar-refractivity contribution is -0.118. The zero-order chi connectivity index (χ0) is 13.9. The highest BCUT2D eigenvalue weighted by molar-refractivity contribution is 9.10. The molecule has 0 aliphatic carbocycles. The molecule has 1 saturated heterocycles. The third-order valence-corrected chi connectivity index (χ3v) is 3.65. The molecular weight excluding hydrogens is 314 g/mol. The second-order valence-corrected chi connectivity index (χ2v) is 5.34. The normalized spacial score (nSPS) is 27.0. The molecule has 0 radical (unpaired) electrons. The van der Waals surface area contributed by atoms with Crippen molar-refractivity contribution < 1.29 is 19.1 Å². The molecule has 6 heteroatoms. The van der Waals surface area contributed by atoms with Crippen molar-refractivity contribution in [3.05, 3.63) is 28.6 Å². The van der Waals surface area contributed by atoms with E-state index >= 15 is 0 Å². The number of aliphatic hydroxyl groups is 1. The summed E-state index contributed by atoms with van der Waals surface area (Å²) in [6, 6.07) is 3.49. The van der Waals surface area contributed by atoms with Gasteiger partial charge in [-0.15, -0.1) is 0 Å². The smallest absolute Gasteiger partial charge is 0.244 e. The first-order valence-electron chi connectivity index (χ1n) is 6.05. The lowest BCUT2D eigenvalue weighted by Crippen LogP contribution is -2.47. The first kappa shape index (κ1) is 14.3. The molecule has 104 valence electrons. The monoisotopic (exact) mass is 329 g/mol. The molecule has 0 spiro atoms. The lowest BCUT2D eigenvalue weighted by atomic mass is 9.97. The summed E-state index contributed by atoms with van der Waals surface area (Å²) in [5.41, 5.74) is -0.975. The van der Waals surface area contributed by atoms with Gasteiger partial charge < -0.3 is 19.6 Å². The van der Waals surface area contributed by atoms with Crippen molar-refractivity contribution in [3.63, 3.8) is 0 Å². The van der Waals surface area contributed by atoms with Gasteiger partial charge in [0.2, 0.25) is 5.91 Å². The summed E-state index contributed by atoms with van der Waals surface area (Å²) in [6.07, 6.45) is 3.20. The zero-order valence-corrected chi connectivity index (χ0v) is 12.1. The van der Waals surface area contributed by atoms with Crippen molar-refractivity contribution in [3.8, 4) is 0 Å². The Kier molecular flexibility index (Phi) is 4.44. The largest absolute Gasteiger partial charge is 0.450 e. The summed E-state index contributed by atoms with van der Waals surface area (Å²) in [4.78, 5) is 11.6. The molecule has 2 heterocycles. The highest BCUT2D eigenvalue weighted by Crippen LogP contribution is 2.24. The van der Waals surface area contributed by atoms with Gasteiger partial charge in [-0.05, 0) is 41.1 Å². The molecule has 2 unspecified atom stereocenters.